The van der Waals surface area contributed by atoms with E-state index in [2.05, 4.69) is 23.0 Å². The highest BCUT2D eigenvalue weighted by molar-refractivity contribution is 5.45. The fourth-order valence-corrected chi connectivity index (χ4v) is 0.651. The molecule has 0 atom stereocenters. The molecule has 3 nitrogen and oxygen atoms in total. The summed E-state index contributed by atoms with van der Waals surface area (Å²) in [6, 6.07) is 0. The second-order valence-corrected chi connectivity index (χ2v) is 1.98. The molecule has 60 valence electrons. The van der Waals surface area contributed by atoms with Crippen LogP contribution >= 0.6 is 0 Å². The standard InChI is InChI=1S/C8H10N2.H3N/c1-2-3-4-8-5-9-7-10-6-8;/h3-7H,2H2,1H3;1H3/b4-3+;. The second-order valence-electron chi connectivity index (χ2n) is 1.98. The van der Waals surface area contributed by atoms with Gasteiger partial charge in [0.15, 0.2) is 0 Å². The van der Waals surface area contributed by atoms with Gasteiger partial charge in [-0.25, -0.2) is 9.97 Å². The maximum absolute atomic E-state index is 3.88. The van der Waals surface area contributed by atoms with Crippen molar-refractivity contribution >= 4 is 6.08 Å². The first-order chi connectivity index (χ1) is 4.93. The van der Waals surface area contributed by atoms with E-state index in [4.69, 9.17) is 0 Å². The zero-order valence-electron chi connectivity index (χ0n) is 6.70. The first-order valence-electron chi connectivity index (χ1n) is 3.35. The van der Waals surface area contributed by atoms with Crippen molar-refractivity contribution in [1.29, 1.82) is 0 Å². The summed E-state index contributed by atoms with van der Waals surface area (Å²) < 4.78 is 0. The fourth-order valence-electron chi connectivity index (χ4n) is 0.651. The maximum Gasteiger partial charge on any atom is 0.115 e. The molecule has 0 radical (unpaired) electrons. The van der Waals surface area contributed by atoms with Gasteiger partial charge in [0.05, 0.1) is 0 Å². The van der Waals surface area contributed by atoms with Crippen LogP contribution in [0.3, 0.4) is 0 Å². The van der Waals surface area contributed by atoms with Crippen LogP contribution in [0.5, 0.6) is 0 Å². The summed E-state index contributed by atoms with van der Waals surface area (Å²) in [4.78, 5) is 7.75. The van der Waals surface area contributed by atoms with Crippen molar-refractivity contribution < 1.29 is 0 Å². The molecular weight excluding hydrogens is 138 g/mol. The predicted molar refractivity (Wildman–Crippen MR) is 46.4 cm³/mol. The van der Waals surface area contributed by atoms with Crippen molar-refractivity contribution in [3.63, 3.8) is 0 Å². The molecule has 0 aliphatic heterocycles. The molecule has 0 fully saturated rings. The third-order valence-electron chi connectivity index (χ3n) is 1.13. The smallest absolute Gasteiger partial charge is 0.115 e. The lowest BCUT2D eigenvalue weighted by Gasteiger charge is -1.86. The summed E-state index contributed by atoms with van der Waals surface area (Å²) in [7, 11) is 0. The molecule has 0 bridgehead atoms. The number of rotatable bonds is 2. The molecule has 1 aromatic heterocycles. The van der Waals surface area contributed by atoms with E-state index < -0.39 is 0 Å². The van der Waals surface area contributed by atoms with Crippen LogP contribution < -0.4 is 6.15 Å². The zero-order valence-corrected chi connectivity index (χ0v) is 6.70. The third kappa shape index (κ3) is 3.47. The zero-order chi connectivity index (χ0) is 7.23. The monoisotopic (exact) mass is 151 g/mol. The Morgan fingerprint density at radius 2 is 2.00 bits per heavy atom. The van der Waals surface area contributed by atoms with Gasteiger partial charge in [-0.15, -0.1) is 0 Å². The van der Waals surface area contributed by atoms with E-state index in [1.807, 2.05) is 6.08 Å². The Morgan fingerprint density at radius 1 is 1.36 bits per heavy atom. The summed E-state index contributed by atoms with van der Waals surface area (Å²) in [5, 5.41) is 0. The van der Waals surface area contributed by atoms with Crippen LogP contribution in [-0.4, -0.2) is 9.97 Å². The molecule has 11 heavy (non-hydrogen) atoms. The molecule has 0 aliphatic rings. The maximum atomic E-state index is 3.88. The second kappa shape index (κ2) is 5.56. The van der Waals surface area contributed by atoms with Crippen molar-refractivity contribution in [1.82, 2.24) is 16.1 Å². The van der Waals surface area contributed by atoms with Gasteiger partial charge in [-0.05, 0) is 6.42 Å². The number of allylic oxidation sites excluding steroid dienone is 1. The van der Waals surface area contributed by atoms with Gasteiger partial charge >= 0.3 is 0 Å². The molecule has 1 rings (SSSR count). The minimum absolute atomic E-state index is 0. The molecule has 0 spiro atoms. The minimum Gasteiger partial charge on any atom is -0.344 e. The Balaban J connectivity index is 0.000001000. The van der Waals surface area contributed by atoms with Crippen molar-refractivity contribution in [2.75, 3.05) is 0 Å². The molecule has 3 heteroatoms. The van der Waals surface area contributed by atoms with Crippen LogP contribution in [0.15, 0.2) is 24.8 Å². The Labute approximate surface area is 66.8 Å². The molecule has 0 saturated carbocycles. The van der Waals surface area contributed by atoms with Crippen molar-refractivity contribution in [2.45, 2.75) is 13.3 Å². The van der Waals surface area contributed by atoms with E-state index >= 15 is 0 Å². The number of hydrogen-bond donors (Lipinski definition) is 1. The van der Waals surface area contributed by atoms with Crippen LogP contribution in [-0.2, 0) is 0 Å². The number of nitrogens with zero attached hydrogens (tertiary/aromatic N) is 2. The summed E-state index contributed by atoms with van der Waals surface area (Å²) in [5.74, 6) is 0. The Bertz CT molecular complexity index is 206. The summed E-state index contributed by atoms with van der Waals surface area (Å²) in [6.07, 6.45) is 10.3. The molecule has 0 saturated heterocycles. The van der Waals surface area contributed by atoms with Gasteiger partial charge in [-0.2, -0.15) is 0 Å². The highest BCUT2D eigenvalue weighted by atomic mass is 14.8. The lowest BCUT2D eigenvalue weighted by Crippen LogP contribution is -1.77. The topological polar surface area (TPSA) is 60.8 Å². The van der Waals surface area contributed by atoms with E-state index in [0.29, 0.717) is 0 Å². The van der Waals surface area contributed by atoms with Crippen LogP contribution in [0.4, 0.5) is 0 Å². The molecule has 1 heterocycles. The Morgan fingerprint density at radius 3 is 2.55 bits per heavy atom. The molecule has 0 unspecified atom stereocenters. The van der Waals surface area contributed by atoms with E-state index in [1.165, 1.54) is 6.33 Å². The lowest BCUT2D eigenvalue weighted by atomic mass is 10.3. The quantitative estimate of drug-likeness (QED) is 0.703. The van der Waals surface area contributed by atoms with Crippen LogP contribution in [0, 0.1) is 0 Å². The normalized spacial score (nSPS) is 9.55. The number of hydrogen-bond acceptors (Lipinski definition) is 3. The summed E-state index contributed by atoms with van der Waals surface area (Å²) in [6.45, 7) is 2.10. The molecule has 0 amide bonds. The Kier molecular flexibility index (Phi) is 4.94. The van der Waals surface area contributed by atoms with Crippen molar-refractivity contribution in [3.05, 3.63) is 30.4 Å². The van der Waals surface area contributed by atoms with E-state index in [0.717, 1.165) is 12.0 Å². The molecule has 1 aromatic rings. The predicted octanol–water partition coefficient (Wildman–Crippen LogP) is 2.06. The van der Waals surface area contributed by atoms with Gasteiger partial charge in [0.2, 0.25) is 0 Å². The Hall–Kier alpha value is -1.22. The number of aromatic nitrogens is 2. The van der Waals surface area contributed by atoms with Crippen molar-refractivity contribution in [2.24, 2.45) is 0 Å². The molecule has 3 N–H and O–H groups in total. The van der Waals surface area contributed by atoms with Gasteiger partial charge in [0.1, 0.15) is 6.33 Å². The fraction of sp³-hybridized carbons (Fsp3) is 0.250. The molecular formula is C8H13N3. The molecule has 0 aliphatic carbocycles. The SMILES string of the molecule is CC/C=C/c1cncnc1.N. The van der Waals surface area contributed by atoms with E-state index in [9.17, 15) is 0 Å². The first-order valence-corrected chi connectivity index (χ1v) is 3.35. The van der Waals surface area contributed by atoms with E-state index in [1.54, 1.807) is 12.4 Å². The van der Waals surface area contributed by atoms with Gasteiger partial charge in [-0.1, -0.05) is 19.1 Å². The van der Waals surface area contributed by atoms with Gasteiger partial charge in [0, 0.05) is 18.0 Å². The first kappa shape index (κ1) is 9.78. The molecule has 0 aromatic carbocycles. The van der Waals surface area contributed by atoms with Gasteiger partial charge < -0.3 is 6.15 Å². The largest absolute Gasteiger partial charge is 0.344 e. The average Bonchev–Trinajstić information content (AvgIpc) is 2.03. The van der Waals surface area contributed by atoms with Crippen LogP contribution in [0.25, 0.3) is 6.08 Å². The van der Waals surface area contributed by atoms with E-state index in [-0.39, 0.29) is 6.15 Å². The third-order valence-corrected chi connectivity index (χ3v) is 1.13. The van der Waals surface area contributed by atoms with Crippen LogP contribution in [0.1, 0.15) is 18.9 Å². The van der Waals surface area contributed by atoms with Crippen LogP contribution in [0.2, 0.25) is 0 Å². The van der Waals surface area contributed by atoms with Gasteiger partial charge in [0.25, 0.3) is 0 Å². The highest BCUT2D eigenvalue weighted by Gasteiger charge is 1.81. The average molecular weight is 151 g/mol. The van der Waals surface area contributed by atoms with Crippen molar-refractivity contribution in [3.8, 4) is 0 Å². The summed E-state index contributed by atoms with van der Waals surface area (Å²) in [5.41, 5.74) is 1.06. The highest BCUT2D eigenvalue weighted by Crippen LogP contribution is 1.96. The minimum atomic E-state index is 0. The summed E-state index contributed by atoms with van der Waals surface area (Å²) >= 11 is 0. The lowest BCUT2D eigenvalue weighted by molar-refractivity contribution is 1.15. The van der Waals surface area contributed by atoms with Gasteiger partial charge in [-0.3, -0.25) is 0 Å².